The topological polar surface area (TPSA) is 68.3 Å². The average molecular weight is 288 g/mol. The second-order valence-electron chi connectivity index (χ2n) is 5.73. The van der Waals surface area contributed by atoms with Gasteiger partial charge in [0.1, 0.15) is 17.0 Å². The lowest BCUT2D eigenvalue weighted by molar-refractivity contribution is 0.0697. The summed E-state index contributed by atoms with van der Waals surface area (Å²) in [5.41, 5.74) is 0.647. The highest BCUT2D eigenvalue weighted by atomic mass is 16.4. The van der Waals surface area contributed by atoms with Crippen molar-refractivity contribution < 1.29 is 14.3 Å². The lowest BCUT2D eigenvalue weighted by Gasteiger charge is -2.14. The number of aromatic carboxylic acids is 1. The Hall–Kier alpha value is -2.04. The maximum atomic E-state index is 11.5. The van der Waals surface area contributed by atoms with Gasteiger partial charge in [-0.05, 0) is 31.9 Å². The predicted octanol–water partition coefficient (Wildman–Crippen LogP) is 4.05. The molecule has 21 heavy (non-hydrogen) atoms. The third kappa shape index (κ3) is 2.86. The van der Waals surface area contributed by atoms with E-state index in [9.17, 15) is 9.90 Å². The second-order valence-corrected chi connectivity index (χ2v) is 5.73. The van der Waals surface area contributed by atoms with Crippen molar-refractivity contribution in [1.82, 2.24) is 9.78 Å². The molecule has 0 saturated heterocycles. The Morgan fingerprint density at radius 2 is 2.00 bits per heavy atom. The maximum absolute atomic E-state index is 11.5. The van der Waals surface area contributed by atoms with Crippen LogP contribution in [0.3, 0.4) is 0 Å². The van der Waals surface area contributed by atoms with Gasteiger partial charge >= 0.3 is 5.97 Å². The van der Waals surface area contributed by atoms with Gasteiger partial charge in [-0.1, -0.05) is 25.7 Å². The number of hydrogen-bond donors (Lipinski definition) is 1. The van der Waals surface area contributed by atoms with Crippen LogP contribution in [0.25, 0.3) is 11.5 Å². The van der Waals surface area contributed by atoms with Gasteiger partial charge in [0.05, 0.1) is 6.04 Å². The highest BCUT2D eigenvalue weighted by Crippen LogP contribution is 2.30. The van der Waals surface area contributed by atoms with Crippen molar-refractivity contribution in [3.05, 3.63) is 29.7 Å². The zero-order chi connectivity index (χ0) is 14.8. The Balaban J connectivity index is 1.97. The molecule has 1 aliphatic rings. The van der Waals surface area contributed by atoms with E-state index in [1.807, 2.05) is 17.7 Å². The first-order valence-corrected chi connectivity index (χ1v) is 7.54. The summed E-state index contributed by atoms with van der Waals surface area (Å²) in [4.78, 5) is 11.5. The van der Waals surface area contributed by atoms with E-state index >= 15 is 0 Å². The number of carbonyl (C=O) groups is 1. The molecule has 5 heteroatoms. The van der Waals surface area contributed by atoms with Crippen LogP contribution >= 0.6 is 0 Å². The minimum atomic E-state index is -0.959. The van der Waals surface area contributed by atoms with E-state index in [-0.39, 0.29) is 5.56 Å². The summed E-state index contributed by atoms with van der Waals surface area (Å²) in [5.74, 6) is 0.321. The van der Waals surface area contributed by atoms with E-state index in [1.165, 1.54) is 25.7 Å². The maximum Gasteiger partial charge on any atom is 0.339 e. The molecular weight excluding hydrogens is 268 g/mol. The average Bonchev–Trinajstić information content (AvgIpc) is 2.98. The molecule has 0 aromatic carbocycles. The Morgan fingerprint density at radius 3 is 2.57 bits per heavy atom. The monoisotopic (exact) mass is 288 g/mol. The van der Waals surface area contributed by atoms with E-state index in [1.54, 1.807) is 12.3 Å². The lowest BCUT2D eigenvalue weighted by atomic mass is 10.1. The summed E-state index contributed by atoms with van der Waals surface area (Å²) >= 11 is 0. The molecular formula is C16H20N2O3. The van der Waals surface area contributed by atoms with Crippen molar-refractivity contribution in [2.24, 2.45) is 0 Å². The summed E-state index contributed by atoms with van der Waals surface area (Å²) in [6, 6.07) is 3.91. The van der Waals surface area contributed by atoms with Gasteiger partial charge < -0.3 is 9.52 Å². The van der Waals surface area contributed by atoms with Crippen molar-refractivity contribution >= 4 is 5.97 Å². The molecule has 1 saturated carbocycles. The first-order valence-electron chi connectivity index (χ1n) is 7.54. The quantitative estimate of drug-likeness (QED) is 0.865. The molecule has 0 amide bonds. The molecule has 1 N–H and O–H groups in total. The minimum Gasteiger partial charge on any atom is -0.478 e. The lowest BCUT2D eigenvalue weighted by Crippen LogP contribution is -2.08. The van der Waals surface area contributed by atoms with Gasteiger partial charge in [0, 0.05) is 6.20 Å². The van der Waals surface area contributed by atoms with Crippen LogP contribution in [0.1, 0.15) is 60.7 Å². The molecule has 3 rings (SSSR count). The Morgan fingerprint density at radius 1 is 1.29 bits per heavy atom. The summed E-state index contributed by atoms with van der Waals surface area (Å²) in [5, 5.41) is 13.9. The van der Waals surface area contributed by atoms with Crippen LogP contribution in [0.15, 0.2) is 22.7 Å². The van der Waals surface area contributed by atoms with Crippen LogP contribution in [0.2, 0.25) is 0 Å². The summed E-state index contributed by atoms with van der Waals surface area (Å²) in [7, 11) is 0. The number of carboxylic acid groups (broad SMARTS) is 1. The van der Waals surface area contributed by atoms with Gasteiger partial charge in [-0.2, -0.15) is 5.10 Å². The Bertz CT molecular complexity index is 634. The standard InChI is InChI=1S/C16H20N2O3/c1-11-8-9-14(21-11)15-13(16(19)20)10-18(17-15)12-6-4-2-3-5-7-12/h8-10,12H,2-7H2,1H3,(H,19,20). The van der Waals surface area contributed by atoms with Gasteiger partial charge in [-0.3, -0.25) is 4.68 Å². The van der Waals surface area contributed by atoms with E-state index in [0.29, 0.717) is 17.5 Å². The van der Waals surface area contributed by atoms with Crippen molar-refractivity contribution in [3.8, 4) is 11.5 Å². The van der Waals surface area contributed by atoms with Crippen molar-refractivity contribution in [1.29, 1.82) is 0 Å². The minimum absolute atomic E-state index is 0.216. The van der Waals surface area contributed by atoms with Crippen LogP contribution in [0.4, 0.5) is 0 Å². The highest BCUT2D eigenvalue weighted by Gasteiger charge is 2.23. The molecule has 2 heterocycles. The summed E-state index contributed by atoms with van der Waals surface area (Å²) in [6.45, 7) is 1.84. The number of aryl methyl sites for hydroxylation is 1. The molecule has 0 atom stereocenters. The molecule has 2 aromatic rings. The van der Waals surface area contributed by atoms with Gasteiger partial charge in [0.25, 0.3) is 0 Å². The number of aromatic nitrogens is 2. The van der Waals surface area contributed by atoms with Crippen LogP contribution in [-0.2, 0) is 0 Å². The fraction of sp³-hybridized carbons (Fsp3) is 0.500. The highest BCUT2D eigenvalue weighted by molar-refractivity contribution is 5.93. The molecule has 0 unspecified atom stereocenters. The van der Waals surface area contributed by atoms with Gasteiger partial charge in [-0.15, -0.1) is 0 Å². The summed E-state index contributed by atoms with van der Waals surface area (Å²) < 4.78 is 7.38. The molecule has 0 bridgehead atoms. The fourth-order valence-electron chi connectivity index (χ4n) is 3.00. The van der Waals surface area contributed by atoms with Gasteiger partial charge in [0.15, 0.2) is 5.76 Å². The first-order chi connectivity index (χ1) is 10.1. The molecule has 0 spiro atoms. The Labute approximate surface area is 123 Å². The number of carboxylic acids is 1. The molecule has 1 aliphatic carbocycles. The van der Waals surface area contributed by atoms with E-state index in [2.05, 4.69) is 5.10 Å². The SMILES string of the molecule is Cc1ccc(-c2nn(C3CCCCCC3)cc2C(=O)O)o1. The van der Waals surface area contributed by atoms with Crippen LogP contribution in [-0.4, -0.2) is 20.9 Å². The van der Waals surface area contributed by atoms with Crippen molar-refractivity contribution in [2.75, 3.05) is 0 Å². The van der Waals surface area contributed by atoms with Crippen LogP contribution in [0, 0.1) is 6.92 Å². The van der Waals surface area contributed by atoms with Gasteiger partial charge in [-0.25, -0.2) is 4.79 Å². The number of hydrogen-bond acceptors (Lipinski definition) is 3. The van der Waals surface area contributed by atoms with Crippen molar-refractivity contribution in [2.45, 2.75) is 51.5 Å². The van der Waals surface area contributed by atoms with Crippen LogP contribution < -0.4 is 0 Å². The predicted molar refractivity (Wildman–Crippen MR) is 78.4 cm³/mol. The normalized spacial score (nSPS) is 16.8. The molecule has 0 radical (unpaired) electrons. The largest absolute Gasteiger partial charge is 0.478 e. The fourth-order valence-corrected chi connectivity index (χ4v) is 3.00. The molecule has 5 nitrogen and oxygen atoms in total. The number of rotatable bonds is 3. The number of nitrogens with zero attached hydrogens (tertiary/aromatic N) is 2. The number of furan rings is 1. The summed E-state index contributed by atoms with van der Waals surface area (Å²) in [6.07, 6.45) is 8.67. The molecule has 2 aromatic heterocycles. The zero-order valence-electron chi connectivity index (χ0n) is 12.2. The smallest absolute Gasteiger partial charge is 0.339 e. The molecule has 1 fully saturated rings. The van der Waals surface area contributed by atoms with E-state index in [0.717, 1.165) is 18.6 Å². The van der Waals surface area contributed by atoms with Crippen molar-refractivity contribution in [3.63, 3.8) is 0 Å². The molecule has 112 valence electrons. The first kappa shape index (κ1) is 13.9. The third-order valence-corrected chi connectivity index (χ3v) is 4.13. The second kappa shape index (κ2) is 5.76. The van der Waals surface area contributed by atoms with E-state index in [4.69, 9.17) is 4.42 Å². The zero-order valence-corrected chi connectivity index (χ0v) is 12.2. The molecule has 0 aliphatic heterocycles. The van der Waals surface area contributed by atoms with Gasteiger partial charge in [0.2, 0.25) is 0 Å². The Kier molecular flexibility index (Phi) is 3.82. The van der Waals surface area contributed by atoms with Crippen LogP contribution in [0.5, 0.6) is 0 Å². The third-order valence-electron chi connectivity index (χ3n) is 4.13. The van der Waals surface area contributed by atoms with E-state index < -0.39 is 5.97 Å².